The molecule has 0 saturated carbocycles. The molecule has 5 N–H and O–H groups in total. The Balaban J connectivity index is 6.57. The number of rotatable bonds is 26. The summed E-state index contributed by atoms with van der Waals surface area (Å²) < 4.78 is 0. The van der Waals surface area contributed by atoms with Gasteiger partial charge in [0.2, 0.25) is 35.4 Å². The van der Waals surface area contributed by atoms with Crippen LogP contribution in [0.1, 0.15) is 136 Å². The fourth-order valence-corrected chi connectivity index (χ4v) is 8.27. The van der Waals surface area contributed by atoms with Crippen molar-refractivity contribution < 1.29 is 52.7 Å². The number of urea groups is 3. The van der Waals surface area contributed by atoms with E-state index in [0.717, 1.165) is 14.7 Å². The third-order valence-corrected chi connectivity index (χ3v) is 13.1. The first-order chi connectivity index (χ1) is 34.0. The summed E-state index contributed by atoms with van der Waals surface area (Å²) in [6, 6.07) is -10.8. The highest BCUT2D eigenvalue weighted by Crippen LogP contribution is 2.22. The molecule has 0 aromatic rings. The quantitative estimate of drug-likeness (QED) is 0.0830. The van der Waals surface area contributed by atoms with Crippen LogP contribution in [-0.2, 0) is 38.4 Å². The number of imide groups is 3. The molecule has 0 aliphatic rings. The maximum Gasteiger partial charge on any atom is 0.329 e. The molecule has 0 heterocycles. The smallest absolute Gasteiger partial charge is 0.329 e. The Hall–Kier alpha value is -5.83. The largest absolute Gasteiger partial charge is 0.342 e. The van der Waals surface area contributed by atoms with Crippen LogP contribution in [0.15, 0.2) is 0 Å². The monoisotopic (exact) mass is 1050 g/mol. The minimum Gasteiger partial charge on any atom is -0.342 e. The molecule has 22 nitrogen and oxygen atoms in total. The van der Waals surface area contributed by atoms with E-state index in [4.69, 9.17) is 0 Å². The van der Waals surface area contributed by atoms with Crippen LogP contribution >= 0.6 is 0 Å². The summed E-state index contributed by atoms with van der Waals surface area (Å²) in [6.07, 6.45) is 1.55. The molecule has 74 heavy (non-hydrogen) atoms. The van der Waals surface area contributed by atoms with Crippen LogP contribution in [0.2, 0.25) is 0 Å². The number of hydrogen-bond donors (Lipinski definition) is 5. The van der Waals surface area contributed by atoms with Crippen molar-refractivity contribution in [2.75, 3.05) is 49.3 Å². The van der Waals surface area contributed by atoms with Gasteiger partial charge in [-0.25, -0.2) is 14.4 Å². The number of amides is 14. The van der Waals surface area contributed by atoms with Gasteiger partial charge in [0.1, 0.15) is 42.3 Å². The first kappa shape index (κ1) is 68.2. The van der Waals surface area contributed by atoms with Crippen LogP contribution in [0.25, 0.3) is 0 Å². The summed E-state index contributed by atoms with van der Waals surface area (Å²) in [5.41, 5.74) is 0. The highest BCUT2D eigenvalue weighted by molar-refractivity contribution is 6.04. The van der Waals surface area contributed by atoms with E-state index in [1.54, 1.807) is 48.6 Å². The number of nitrogens with zero attached hydrogens (tertiary/aromatic N) is 6. The maximum absolute atomic E-state index is 14.3. The number of carbonyl (C=O) groups is 11. The fourth-order valence-electron chi connectivity index (χ4n) is 8.27. The lowest BCUT2D eigenvalue weighted by atomic mass is 9.96. The summed E-state index contributed by atoms with van der Waals surface area (Å²) in [6.45, 7) is 27.0. The highest BCUT2D eigenvalue weighted by Gasteiger charge is 2.42. The van der Waals surface area contributed by atoms with Gasteiger partial charge in [-0.3, -0.25) is 53.9 Å². The molecule has 0 aliphatic carbocycles. The lowest BCUT2D eigenvalue weighted by Gasteiger charge is -2.38. The molecule has 0 fully saturated rings. The minimum atomic E-state index is -1.24. The molecule has 0 radical (unpaired) electrons. The summed E-state index contributed by atoms with van der Waals surface area (Å²) in [7, 11) is 9.78. The zero-order valence-corrected chi connectivity index (χ0v) is 48.8. The van der Waals surface area contributed by atoms with E-state index >= 15 is 0 Å². The van der Waals surface area contributed by atoms with E-state index in [0.29, 0.717) is 12.8 Å². The van der Waals surface area contributed by atoms with Crippen LogP contribution in [0.5, 0.6) is 0 Å². The van der Waals surface area contributed by atoms with Crippen LogP contribution in [0.4, 0.5) is 14.4 Å². The van der Waals surface area contributed by atoms with E-state index in [1.807, 2.05) is 60.7 Å². The normalized spacial score (nSPS) is 14.3. The third kappa shape index (κ3) is 20.5. The first-order valence-electron chi connectivity index (χ1n) is 26.0. The van der Waals surface area contributed by atoms with Crippen molar-refractivity contribution in [1.29, 1.82) is 0 Å². The summed E-state index contributed by atoms with van der Waals surface area (Å²) >= 11 is 0. The highest BCUT2D eigenvalue weighted by atomic mass is 16.2. The second-order valence-corrected chi connectivity index (χ2v) is 22.4. The van der Waals surface area contributed by atoms with Crippen molar-refractivity contribution >= 4 is 65.4 Å². The van der Waals surface area contributed by atoms with Crippen molar-refractivity contribution in [3.8, 4) is 0 Å². The van der Waals surface area contributed by atoms with Gasteiger partial charge < -0.3 is 40.4 Å². The van der Waals surface area contributed by atoms with Gasteiger partial charge in [0.25, 0.3) is 11.8 Å². The molecule has 0 unspecified atom stereocenters. The Bertz CT molecular complexity index is 1960. The van der Waals surface area contributed by atoms with Crippen molar-refractivity contribution in [3.63, 3.8) is 0 Å². The Morgan fingerprint density at radius 1 is 0.405 bits per heavy atom. The predicted molar refractivity (Wildman–Crippen MR) is 284 cm³/mol. The van der Waals surface area contributed by atoms with Gasteiger partial charge in [-0.1, -0.05) is 96.9 Å². The van der Waals surface area contributed by atoms with E-state index in [1.165, 1.54) is 63.9 Å². The Kier molecular flexibility index (Phi) is 28.7. The lowest BCUT2D eigenvalue weighted by Crippen LogP contribution is -2.61. The van der Waals surface area contributed by atoms with Crippen molar-refractivity contribution in [1.82, 2.24) is 56.0 Å². The molecule has 0 spiro atoms. The van der Waals surface area contributed by atoms with Crippen LogP contribution in [-0.4, -0.2) is 186 Å². The Morgan fingerprint density at radius 3 is 1.27 bits per heavy atom. The van der Waals surface area contributed by atoms with Gasteiger partial charge in [-0.15, -0.1) is 0 Å². The van der Waals surface area contributed by atoms with Crippen LogP contribution in [0.3, 0.4) is 0 Å². The SMILES string of the molecule is CNC(=O)NC(=O)NC(=O)[C@H](CC(C)C)N(C)C(=O)[C@@H](NC(=O)[C@H](CC(C)C)N(C)C(=O)[C@@H](C)N(C)C(=O)[C@@H](NC(=O)N(C)C(=O)[C@H](C(C)C)N(C)C(=O)[C@H](CC(C)C)N(C)C(=O)CCC(C)C)C(C)C)C(C)C. The lowest BCUT2D eigenvalue weighted by molar-refractivity contribution is -0.151. The van der Waals surface area contributed by atoms with E-state index < -0.39 is 119 Å². The first-order valence-corrected chi connectivity index (χ1v) is 26.0. The molecule has 0 aliphatic heterocycles. The number of likely N-dealkylation sites (N-methyl/N-ethyl adjacent to an activating group) is 6. The zero-order valence-electron chi connectivity index (χ0n) is 48.8. The molecule has 0 aromatic heterocycles. The molecular formula is C52H95N11O11. The van der Waals surface area contributed by atoms with Gasteiger partial charge in [0, 0.05) is 55.8 Å². The average molecular weight is 1050 g/mol. The number of carbonyl (C=O) groups excluding carboxylic acids is 11. The van der Waals surface area contributed by atoms with E-state index in [-0.39, 0.29) is 48.8 Å². The molecule has 0 saturated heterocycles. The van der Waals surface area contributed by atoms with Crippen molar-refractivity contribution in [3.05, 3.63) is 0 Å². The van der Waals surface area contributed by atoms with Gasteiger partial charge in [-0.2, -0.15) is 0 Å². The predicted octanol–water partition coefficient (Wildman–Crippen LogP) is 3.87. The standard InChI is InChI=1S/C52H95N11O11/c1-28(2)23-24-39(64)59(18)38(27-31(7)8)46(68)62(21)42(34(13)14)49(71)63(22)52(74)55-41(33(11)12)47(69)58(17)35(15)45(67)60(19)36(25-29(3)4)43(65)54-40(32(9)10)48(70)61(20)37(26-30(5)6)44(66)56-51(73)57-50(72)53-16/h28-38,40-42H,23-27H2,1-22H3,(H,54,65)(H,55,74)(H3,53,56,57,66,72,73)/t35-,36+,37+,38+,40+,41+,42+/m1/s1. The van der Waals surface area contributed by atoms with Crippen molar-refractivity contribution in [2.24, 2.45) is 41.4 Å². The van der Waals surface area contributed by atoms with E-state index in [9.17, 15) is 52.7 Å². The summed E-state index contributed by atoms with van der Waals surface area (Å²) in [5, 5.41) is 11.7. The number of nitrogens with one attached hydrogen (secondary N) is 5. The molecular weight excluding hydrogens is 955 g/mol. The second kappa shape index (κ2) is 31.1. The molecule has 7 atom stereocenters. The zero-order chi connectivity index (χ0) is 58.0. The number of hydrogen-bond acceptors (Lipinski definition) is 11. The molecule has 14 amide bonds. The topological polar surface area (TPSA) is 267 Å². The van der Waals surface area contributed by atoms with Gasteiger partial charge >= 0.3 is 18.1 Å². The van der Waals surface area contributed by atoms with Gasteiger partial charge in [-0.05, 0) is 74.0 Å². The van der Waals surface area contributed by atoms with Crippen molar-refractivity contribution in [2.45, 2.75) is 178 Å². The summed E-state index contributed by atoms with van der Waals surface area (Å²) in [5.74, 6) is -6.27. The van der Waals surface area contributed by atoms with E-state index in [2.05, 4.69) is 21.3 Å². The molecule has 22 heteroatoms. The molecule has 0 rings (SSSR count). The fraction of sp³-hybridized carbons (Fsp3) is 0.788. The third-order valence-electron chi connectivity index (χ3n) is 13.1. The van der Waals surface area contributed by atoms with Crippen LogP contribution in [0, 0.1) is 41.4 Å². The molecule has 424 valence electrons. The Morgan fingerprint density at radius 2 is 0.838 bits per heavy atom. The Labute approximate surface area is 441 Å². The minimum absolute atomic E-state index is 0.0376. The van der Waals surface area contributed by atoms with Gasteiger partial charge in [0.05, 0.1) is 0 Å². The average Bonchev–Trinajstić information content (AvgIpc) is 3.30. The molecule has 0 bridgehead atoms. The summed E-state index contributed by atoms with van der Waals surface area (Å²) in [4.78, 5) is 157. The van der Waals surface area contributed by atoms with Crippen LogP contribution < -0.4 is 26.6 Å². The van der Waals surface area contributed by atoms with Gasteiger partial charge in [0.15, 0.2) is 0 Å². The maximum atomic E-state index is 14.3. The second-order valence-electron chi connectivity index (χ2n) is 22.4. The molecule has 0 aromatic carbocycles.